The summed E-state index contributed by atoms with van der Waals surface area (Å²) in [5, 5.41) is 22.6. The summed E-state index contributed by atoms with van der Waals surface area (Å²) in [7, 11) is 0. The van der Waals surface area contributed by atoms with Crippen LogP contribution in [0.4, 0.5) is 0 Å². The standard InChI is InChI=1S/C22H20ClNO6/c1-12-17-7-6-16(25)9-19(17)30-22(29)18(12)10-20(26)24-11-14(8-21(27)28)13-2-4-15(23)5-3-13/h2-7,9,14,25H,8,10-11H2,1H3,(H,24,26)(H,27,28). The van der Waals surface area contributed by atoms with Crippen LogP contribution >= 0.6 is 11.6 Å². The van der Waals surface area contributed by atoms with Crippen LogP contribution in [0.2, 0.25) is 5.02 Å². The number of aliphatic carboxylic acids is 1. The minimum Gasteiger partial charge on any atom is -0.508 e. The smallest absolute Gasteiger partial charge is 0.340 e. The summed E-state index contributed by atoms with van der Waals surface area (Å²) in [4.78, 5) is 36.0. The van der Waals surface area contributed by atoms with Gasteiger partial charge in [0.25, 0.3) is 0 Å². The number of phenols is 1. The predicted octanol–water partition coefficient (Wildman–Crippen LogP) is 3.38. The Morgan fingerprint density at radius 3 is 2.53 bits per heavy atom. The third-order valence-electron chi connectivity index (χ3n) is 4.92. The molecule has 1 atom stereocenters. The number of carboxylic acids is 1. The van der Waals surface area contributed by atoms with Gasteiger partial charge in [-0.3, -0.25) is 9.59 Å². The molecule has 0 radical (unpaired) electrons. The van der Waals surface area contributed by atoms with Crippen molar-refractivity contribution in [3.63, 3.8) is 0 Å². The zero-order chi connectivity index (χ0) is 21.8. The Morgan fingerprint density at radius 1 is 1.17 bits per heavy atom. The molecular formula is C22H20ClNO6. The van der Waals surface area contributed by atoms with Gasteiger partial charge >= 0.3 is 11.6 Å². The molecule has 8 heteroatoms. The molecule has 30 heavy (non-hydrogen) atoms. The Kier molecular flexibility index (Phi) is 6.42. The van der Waals surface area contributed by atoms with Crippen molar-refractivity contribution in [2.75, 3.05) is 6.54 Å². The van der Waals surface area contributed by atoms with Gasteiger partial charge < -0.3 is 19.9 Å². The number of hydrogen-bond acceptors (Lipinski definition) is 5. The lowest BCUT2D eigenvalue weighted by atomic mass is 9.95. The maximum Gasteiger partial charge on any atom is 0.340 e. The van der Waals surface area contributed by atoms with Gasteiger partial charge in [-0.15, -0.1) is 0 Å². The number of carboxylic acid groups (broad SMARTS) is 1. The average Bonchev–Trinajstić information content (AvgIpc) is 2.68. The first-order chi connectivity index (χ1) is 14.2. The first kappa shape index (κ1) is 21.4. The van der Waals surface area contributed by atoms with E-state index in [1.54, 1.807) is 37.3 Å². The lowest BCUT2D eigenvalue weighted by Crippen LogP contribution is -2.32. The minimum atomic E-state index is -0.988. The molecule has 0 saturated carbocycles. The van der Waals surface area contributed by atoms with E-state index in [1.807, 2.05) is 0 Å². The molecule has 0 fully saturated rings. The monoisotopic (exact) mass is 429 g/mol. The molecule has 3 rings (SSSR count). The molecule has 0 bridgehead atoms. The van der Waals surface area contributed by atoms with Gasteiger partial charge in [0.1, 0.15) is 11.3 Å². The number of aryl methyl sites for hydroxylation is 1. The van der Waals surface area contributed by atoms with E-state index in [0.29, 0.717) is 16.0 Å². The second-order valence-electron chi connectivity index (χ2n) is 7.00. The van der Waals surface area contributed by atoms with E-state index in [9.17, 15) is 24.6 Å². The van der Waals surface area contributed by atoms with Gasteiger partial charge in [-0.1, -0.05) is 23.7 Å². The Morgan fingerprint density at radius 2 is 1.87 bits per heavy atom. The Hall–Kier alpha value is -3.32. The van der Waals surface area contributed by atoms with E-state index < -0.39 is 23.4 Å². The summed E-state index contributed by atoms with van der Waals surface area (Å²) in [5.74, 6) is -1.88. The highest BCUT2D eigenvalue weighted by Gasteiger charge is 2.19. The molecule has 0 spiro atoms. The fourth-order valence-corrected chi connectivity index (χ4v) is 3.43. The Balaban J connectivity index is 1.75. The van der Waals surface area contributed by atoms with Gasteiger partial charge in [-0.05, 0) is 42.3 Å². The van der Waals surface area contributed by atoms with Crippen LogP contribution in [0.1, 0.15) is 29.0 Å². The quantitative estimate of drug-likeness (QED) is 0.496. The summed E-state index contributed by atoms with van der Waals surface area (Å²) < 4.78 is 5.23. The molecule has 1 aromatic heterocycles. The van der Waals surface area contributed by atoms with Gasteiger partial charge in [0.05, 0.1) is 18.4 Å². The van der Waals surface area contributed by atoms with Crippen molar-refractivity contribution in [2.24, 2.45) is 0 Å². The summed E-state index contributed by atoms with van der Waals surface area (Å²) in [6.45, 7) is 1.80. The number of phenolic OH excluding ortho intramolecular Hbond substituents is 1. The molecule has 1 unspecified atom stereocenters. The predicted molar refractivity (Wildman–Crippen MR) is 112 cm³/mol. The van der Waals surface area contributed by atoms with Gasteiger partial charge in [0.15, 0.2) is 0 Å². The van der Waals surface area contributed by atoms with Gasteiger partial charge in [0.2, 0.25) is 5.91 Å². The Labute approximate surface area is 176 Å². The number of rotatable bonds is 7. The molecule has 0 aliphatic heterocycles. The SMILES string of the molecule is Cc1c(CC(=O)NCC(CC(=O)O)c2ccc(Cl)cc2)c(=O)oc2cc(O)ccc12. The number of halogens is 1. The lowest BCUT2D eigenvalue weighted by Gasteiger charge is -2.17. The van der Waals surface area contributed by atoms with Crippen molar-refractivity contribution < 1.29 is 24.2 Å². The largest absolute Gasteiger partial charge is 0.508 e. The van der Waals surface area contributed by atoms with Crippen LogP contribution in [-0.4, -0.2) is 28.6 Å². The Bertz CT molecular complexity index is 1150. The van der Waals surface area contributed by atoms with E-state index in [4.69, 9.17) is 16.0 Å². The van der Waals surface area contributed by atoms with Gasteiger partial charge in [0, 0.05) is 28.9 Å². The molecule has 0 aliphatic carbocycles. The lowest BCUT2D eigenvalue weighted by molar-refractivity contribution is -0.137. The van der Waals surface area contributed by atoms with Crippen LogP contribution in [0.5, 0.6) is 5.75 Å². The van der Waals surface area contributed by atoms with E-state index in [1.165, 1.54) is 12.1 Å². The third-order valence-corrected chi connectivity index (χ3v) is 5.17. The summed E-state index contributed by atoms with van der Waals surface area (Å²) in [6.07, 6.45) is -0.367. The molecule has 3 aromatic rings. The average molecular weight is 430 g/mol. The molecule has 7 nitrogen and oxygen atoms in total. The highest BCUT2D eigenvalue weighted by atomic mass is 35.5. The molecule has 1 heterocycles. The number of aromatic hydroxyl groups is 1. The number of carbonyl (C=O) groups is 2. The van der Waals surface area contributed by atoms with Gasteiger partial charge in [-0.2, -0.15) is 0 Å². The summed E-state index contributed by atoms with van der Waals surface area (Å²) in [6, 6.07) is 11.2. The van der Waals surface area contributed by atoms with Crippen molar-refractivity contribution in [1.82, 2.24) is 5.32 Å². The van der Waals surface area contributed by atoms with Crippen molar-refractivity contribution in [1.29, 1.82) is 0 Å². The fraction of sp³-hybridized carbons (Fsp3) is 0.227. The van der Waals surface area contributed by atoms with Crippen LogP contribution in [0.15, 0.2) is 51.7 Å². The fourth-order valence-electron chi connectivity index (χ4n) is 3.30. The number of fused-ring (bicyclic) bond motifs is 1. The molecule has 1 amide bonds. The number of carbonyl (C=O) groups excluding carboxylic acids is 1. The maximum atomic E-state index is 12.5. The first-order valence-electron chi connectivity index (χ1n) is 9.24. The van der Waals surface area contributed by atoms with E-state index in [2.05, 4.69) is 5.32 Å². The van der Waals surface area contributed by atoms with Crippen molar-refractivity contribution in [2.45, 2.75) is 25.7 Å². The number of amides is 1. The van der Waals surface area contributed by atoms with Crippen LogP contribution < -0.4 is 10.9 Å². The molecular weight excluding hydrogens is 410 g/mol. The van der Waals surface area contributed by atoms with E-state index >= 15 is 0 Å². The highest BCUT2D eigenvalue weighted by Crippen LogP contribution is 2.24. The first-order valence-corrected chi connectivity index (χ1v) is 9.61. The molecule has 0 saturated heterocycles. The molecule has 156 valence electrons. The molecule has 2 aromatic carbocycles. The molecule has 0 aliphatic rings. The zero-order valence-corrected chi connectivity index (χ0v) is 16.9. The van der Waals surface area contributed by atoms with Gasteiger partial charge in [-0.25, -0.2) is 4.79 Å². The topological polar surface area (TPSA) is 117 Å². The van der Waals surface area contributed by atoms with Crippen LogP contribution in [0.25, 0.3) is 11.0 Å². The van der Waals surface area contributed by atoms with E-state index in [-0.39, 0.29) is 36.3 Å². The number of benzene rings is 2. The molecule has 3 N–H and O–H groups in total. The third kappa shape index (κ3) is 4.99. The second kappa shape index (κ2) is 9.00. The highest BCUT2D eigenvalue weighted by molar-refractivity contribution is 6.30. The maximum absolute atomic E-state index is 12.5. The second-order valence-corrected chi connectivity index (χ2v) is 7.44. The van der Waals surface area contributed by atoms with Crippen LogP contribution in [-0.2, 0) is 16.0 Å². The van der Waals surface area contributed by atoms with Crippen LogP contribution in [0.3, 0.4) is 0 Å². The van der Waals surface area contributed by atoms with Crippen molar-refractivity contribution in [3.8, 4) is 5.75 Å². The van der Waals surface area contributed by atoms with Crippen molar-refractivity contribution >= 4 is 34.4 Å². The summed E-state index contributed by atoms with van der Waals surface area (Å²) >= 11 is 5.88. The van der Waals surface area contributed by atoms with E-state index in [0.717, 1.165) is 5.56 Å². The minimum absolute atomic E-state index is 0.0257. The van der Waals surface area contributed by atoms with Crippen LogP contribution in [0, 0.1) is 6.92 Å². The number of nitrogens with one attached hydrogen (secondary N) is 1. The number of hydrogen-bond donors (Lipinski definition) is 3. The van der Waals surface area contributed by atoms with Crippen molar-refractivity contribution in [3.05, 3.63) is 74.6 Å². The zero-order valence-electron chi connectivity index (χ0n) is 16.1. The normalized spacial score (nSPS) is 11.9. The summed E-state index contributed by atoms with van der Waals surface area (Å²) in [5.41, 5.74) is 1.14.